The number of benzene rings is 1. The molecule has 0 atom stereocenters. The van der Waals surface area contributed by atoms with E-state index in [1.165, 1.54) is 0 Å². The minimum Gasteiger partial charge on any atom is -0.508 e. The zero-order valence-electron chi connectivity index (χ0n) is 12.1. The Kier molecular flexibility index (Phi) is 4.93. The maximum atomic E-state index is 9.59. The maximum Gasteiger partial charge on any atom is 0.161 e. The number of hydrogen-bond donors (Lipinski definition) is 2. The number of aryl methyl sites for hydroxylation is 1. The van der Waals surface area contributed by atoms with Crippen molar-refractivity contribution in [1.29, 1.82) is 0 Å². The van der Waals surface area contributed by atoms with Crippen molar-refractivity contribution in [3.8, 4) is 17.1 Å². The second-order valence-electron chi connectivity index (χ2n) is 4.80. The summed E-state index contributed by atoms with van der Waals surface area (Å²) < 4.78 is 0. The molecular weight excluding hydrogens is 250 g/mol. The van der Waals surface area contributed by atoms with E-state index < -0.39 is 0 Å². The number of hydrogen-bond acceptors (Lipinski definition) is 4. The molecule has 0 bridgehead atoms. The zero-order chi connectivity index (χ0) is 14.4. The second-order valence-corrected chi connectivity index (χ2v) is 4.80. The molecule has 0 spiro atoms. The third-order valence-electron chi connectivity index (χ3n) is 2.95. The van der Waals surface area contributed by atoms with Crippen LogP contribution in [0, 0.1) is 0 Å². The number of aromatic nitrogens is 2. The van der Waals surface area contributed by atoms with Gasteiger partial charge in [-0.15, -0.1) is 0 Å². The average molecular weight is 271 g/mol. The molecule has 0 amide bonds. The summed E-state index contributed by atoms with van der Waals surface area (Å²) in [5.41, 5.74) is 1.86. The molecule has 1 aromatic heterocycles. The molecular formula is C16H21N3O. The van der Waals surface area contributed by atoms with Crippen LogP contribution >= 0.6 is 0 Å². The molecule has 2 aromatic rings. The molecule has 0 saturated heterocycles. The van der Waals surface area contributed by atoms with Crippen LogP contribution in [0.2, 0.25) is 0 Å². The molecule has 0 saturated carbocycles. The highest BCUT2D eigenvalue weighted by Crippen LogP contribution is 2.22. The largest absolute Gasteiger partial charge is 0.508 e. The van der Waals surface area contributed by atoms with E-state index in [-0.39, 0.29) is 5.75 Å². The highest BCUT2D eigenvalue weighted by molar-refractivity contribution is 5.59. The van der Waals surface area contributed by atoms with Gasteiger partial charge in [0.05, 0.1) is 0 Å². The molecule has 2 rings (SSSR count). The Morgan fingerprint density at radius 3 is 2.65 bits per heavy atom. The molecule has 4 nitrogen and oxygen atoms in total. The Bertz CT molecular complexity index is 569. The Morgan fingerprint density at radius 2 is 1.95 bits per heavy atom. The zero-order valence-corrected chi connectivity index (χ0v) is 12.1. The number of rotatable bonds is 6. The summed E-state index contributed by atoms with van der Waals surface area (Å²) in [6.07, 6.45) is 3.02. The van der Waals surface area contributed by atoms with Gasteiger partial charge >= 0.3 is 0 Å². The lowest BCUT2D eigenvalue weighted by Crippen LogP contribution is -2.05. The summed E-state index contributed by atoms with van der Waals surface area (Å²) in [7, 11) is 0. The molecule has 0 fully saturated rings. The first kappa shape index (κ1) is 14.3. The van der Waals surface area contributed by atoms with E-state index in [0.717, 1.165) is 42.9 Å². The van der Waals surface area contributed by atoms with Crippen molar-refractivity contribution in [2.75, 3.05) is 11.9 Å². The number of aromatic hydroxyl groups is 1. The van der Waals surface area contributed by atoms with Crippen LogP contribution in [0.4, 0.5) is 5.82 Å². The van der Waals surface area contributed by atoms with Crippen molar-refractivity contribution in [2.45, 2.75) is 33.1 Å². The summed E-state index contributed by atoms with van der Waals surface area (Å²) in [5, 5.41) is 12.9. The predicted molar refractivity (Wildman–Crippen MR) is 81.9 cm³/mol. The van der Waals surface area contributed by atoms with Gasteiger partial charge in [-0.3, -0.25) is 0 Å². The summed E-state index contributed by atoms with van der Waals surface area (Å²) >= 11 is 0. The number of nitrogens with zero attached hydrogens (tertiary/aromatic N) is 2. The Labute approximate surface area is 119 Å². The molecule has 0 aliphatic heterocycles. The van der Waals surface area contributed by atoms with Crippen LogP contribution < -0.4 is 5.32 Å². The first-order valence-electron chi connectivity index (χ1n) is 7.14. The first-order valence-corrected chi connectivity index (χ1v) is 7.14. The third-order valence-corrected chi connectivity index (χ3v) is 2.95. The Hall–Kier alpha value is -2.10. The fourth-order valence-electron chi connectivity index (χ4n) is 2.00. The van der Waals surface area contributed by atoms with Crippen LogP contribution in [0.25, 0.3) is 11.4 Å². The van der Waals surface area contributed by atoms with E-state index in [2.05, 4.69) is 29.1 Å². The first-order chi connectivity index (χ1) is 9.72. The van der Waals surface area contributed by atoms with E-state index in [1.54, 1.807) is 18.2 Å². The van der Waals surface area contributed by atoms with E-state index >= 15 is 0 Å². The van der Waals surface area contributed by atoms with Gasteiger partial charge in [-0.2, -0.15) is 0 Å². The SMILES string of the molecule is CCCNc1cc(CCC)nc(-c2cccc(O)c2)n1. The summed E-state index contributed by atoms with van der Waals surface area (Å²) in [6.45, 7) is 5.15. The van der Waals surface area contributed by atoms with Crippen LogP contribution in [0.15, 0.2) is 30.3 Å². The van der Waals surface area contributed by atoms with E-state index in [9.17, 15) is 5.11 Å². The van der Waals surface area contributed by atoms with Gasteiger partial charge in [0.25, 0.3) is 0 Å². The minimum absolute atomic E-state index is 0.232. The smallest absolute Gasteiger partial charge is 0.161 e. The molecule has 0 aliphatic rings. The van der Waals surface area contributed by atoms with Gasteiger partial charge < -0.3 is 10.4 Å². The molecule has 0 radical (unpaired) electrons. The lowest BCUT2D eigenvalue weighted by molar-refractivity contribution is 0.475. The Morgan fingerprint density at radius 1 is 1.10 bits per heavy atom. The number of phenolic OH excluding ortho intramolecular Hbond substituents is 1. The minimum atomic E-state index is 0.232. The van der Waals surface area contributed by atoms with Crippen LogP contribution in [0.3, 0.4) is 0 Å². The maximum absolute atomic E-state index is 9.59. The molecule has 2 N–H and O–H groups in total. The van der Waals surface area contributed by atoms with Gasteiger partial charge in [-0.1, -0.05) is 32.4 Å². The molecule has 0 unspecified atom stereocenters. The van der Waals surface area contributed by atoms with Crippen LogP contribution in [-0.4, -0.2) is 21.6 Å². The van der Waals surface area contributed by atoms with Crippen molar-refractivity contribution in [2.24, 2.45) is 0 Å². The van der Waals surface area contributed by atoms with Gasteiger partial charge in [-0.25, -0.2) is 9.97 Å². The quantitative estimate of drug-likeness (QED) is 0.842. The summed E-state index contributed by atoms with van der Waals surface area (Å²) in [4.78, 5) is 9.11. The van der Waals surface area contributed by atoms with Gasteiger partial charge in [0.1, 0.15) is 11.6 Å². The van der Waals surface area contributed by atoms with Crippen molar-refractivity contribution in [1.82, 2.24) is 9.97 Å². The summed E-state index contributed by atoms with van der Waals surface area (Å²) in [5.74, 6) is 1.74. The highest BCUT2D eigenvalue weighted by Gasteiger charge is 2.07. The lowest BCUT2D eigenvalue weighted by Gasteiger charge is -2.09. The average Bonchev–Trinajstić information content (AvgIpc) is 2.45. The second kappa shape index (κ2) is 6.89. The van der Waals surface area contributed by atoms with E-state index in [4.69, 9.17) is 0 Å². The van der Waals surface area contributed by atoms with Crippen molar-refractivity contribution in [3.63, 3.8) is 0 Å². The predicted octanol–water partition coefficient (Wildman–Crippen LogP) is 3.62. The highest BCUT2D eigenvalue weighted by atomic mass is 16.3. The normalized spacial score (nSPS) is 10.5. The number of anilines is 1. The van der Waals surface area contributed by atoms with Crippen LogP contribution in [-0.2, 0) is 6.42 Å². The van der Waals surface area contributed by atoms with Crippen LogP contribution in [0.5, 0.6) is 5.75 Å². The molecule has 20 heavy (non-hydrogen) atoms. The van der Waals surface area contributed by atoms with Gasteiger partial charge in [0, 0.05) is 23.9 Å². The van der Waals surface area contributed by atoms with Gasteiger partial charge in [-0.05, 0) is 25.0 Å². The third kappa shape index (κ3) is 3.70. The van der Waals surface area contributed by atoms with E-state index in [1.807, 2.05) is 12.1 Å². The lowest BCUT2D eigenvalue weighted by atomic mass is 10.2. The molecule has 0 aliphatic carbocycles. The summed E-state index contributed by atoms with van der Waals surface area (Å²) in [6, 6.07) is 9.06. The van der Waals surface area contributed by atoms with Crippen LogP contribution in [0.1, 0.15) is 32.4 Å². The fraction of sp³-hybridized carbons (Fsp3) is 0.375. The monoisotopic (exact) mass is 271 g/mol. The number of phenols is 1. The van der Waals surface area contributed by atoms with E-state index in [0.29, 0.717) is 5.82 Å². The number of nitrogens with one attached hydrogen (secondary N) is 1. The van der Waals surface area contributed by atoms with Gasteiger partial charge in [0.15, 0.2) is 5.82 Å². The molecule has 4 heteroatoms. The molecule has 106 valence electrons. The van der Waals surface area contributed by atoms with Crippen molar-refractivity contribution >= 4 is 5.82 Å². The van der Waals surface area contributed by atoms with Crippen molar-refractivity contribution < 1.29 is 5.11 Å². The standard InChI is InChI=1S/C16H21N3O/c1-3-6-13-11-15(17-9-4-2)19-16(18-13)12-7-5-8-14(20)10-12/h5,7-8,10-11,20H,3-4,6,9H2,1-2H3,(H,17,18,19). The Balaban J connectivity index is 2.37. The topological polar surface area (TPSA) is 58.0 Å². The van der Waals surface area contributed by atoms with Gasteiger partial charge in [0.2, 0.25) is 0 Å². The fourth-order valence-corrected chi connectivity index (χ4v) is 2.00. The van der Waals surface area contributed by atoms with Crippen molar-refractivity contribution in [3.05, 3.63) is 36.0 Å². The molecule has 1 aromatic carbocycles. The molecule has 1 heterocycles.